The Morgan fingerprint density at radius 2 is 1.64 bits per heavy atom. The number of fused-ring (bicyclic) bond motifs is 2. The molecule has 2 amide bonds. The molecule has 0 spiro atoms. The second-order valence-corrected chi connectivity index (χ2v) is 11.5. The van der Waals surface area contributed by atoms with Crippen LogP contribution in [0.5, 0.6) is 0 Å². The second-order valence-electron chi connectivity index (χ2n) is 11.5. The number of nitrogens with one attached hydrogen (secondary N) is 2. The molecule has 1 saturated heterocycles. The van der Waals surface area contributed by atoms with E-state index in [2.05, 4.69) is 80.7 Å². The molecule has 4 heterocycles. The molecule has 212 valence electrons. The fraction of sp³-hybridized carbons (Fsp3) is 0.265. The van der Waals surface area contributed by atoms with Gasteiger partial charge >= 0.3 is 6.03 Å². The summed E-state index contributed by atoms with van der Waals surface area (Å²) in [5.74, 6) is 0. The Morgan fingerprint density at radius 3 is 2.38 bits per heavy atom. The molecule has 5 aromatic rings. The van der Waals surface area contributed by atoms with E-state index in [9.17, 15) is 4.79 Å². The van der Waals surface area contributed by atoms with E-state index in [0.717, 1.165) is 77.5 Å². The molecule has 2 aliphatic heterocycles. The maximum absolute atomic E-state index is 13.2. The topological polar surface area (TPSA) is 80.4 Å². The molecule has 0 bridgehead atoms. The SMILES string of the molecule is Cc1c(NC(=O)N2Cc3ccccc3C2)cccc1-c1ncnc2[nH]c(-c3ccc(CN4CCN(C)CC4)cc3)cc12. The standard InChI is InChI=1S/C34H35N7O/c1-23-28(8-5-9-30(23)38-34(42)41-20-26-6-3-4-7-27(26)21-41)32-29-18-31(37-33(29)36-22-35-32)25-12-10-24(11-13-25)19-40-16-14-39(2)15-17-40/h3-13,18,22H,14-17,19-21H2,1-2H3,(H,38,42)(H,35,36,37). The summed E-state index contributed by atoms with van der Waals surface area (Å²) in [7, 11) is 2.19. The zero-order chi connectivity index (χ0) is 28.6. The number of piperazine rings is 1. The highest BCUT2D eigenvalue weighted by Crippen LogP contribution is 2.34. The van der Waals surface area contributed by atoms with E-state index in [4.69, 9.17) is 4.98 Å². The van der Waals surface area contributed by atoms with Crippen LogP contribution in [0.4, 0.5) is 10.5 Å². The van der Waals surface area contributed by atoms with Gasteiger partial charge < -0.3 is 20.1 Å². The number of hydrogen-bond donors (Lipinski definition) is 2. The van der Waals surface area contributed by atoms with Crippen molar-refractivity contribution in [2.24, 2.45) is 0 Å². The molecule has 42 heavy (non-hydrogen) atoms. The van der Waals surface area contributed by atoms with Crippen LogP contribution in [0, 0.1) is 6.92 Å². The van der Waals surface area contributed by atoms with Crippen molar-refractivity contribution in [2.45, 2.75) is 26.6 Å². The van der Waals surface area contributed by atoms with Gasteiger partial charge in [0.25, 0.3) is 0 Å². The maximum atomic E-state index is 13.2. The minimum Gasteiger partial charge on any atom is -0.339 e. The number of aromatic amines is 1. The van der Waals surface area contributed by atoms with Gasteiger partial charge in [0.05, 0.1) is 5.69 Å². The van der Waals surface area contributed by atoms with Crippen LogP contribution in [-0.4, -0.2) is 68.9 Å². The minimum atomic E-state index is -0.0979. The van der Waals surface area contributed by atoms with Gasteiger partial charge in [-0.1, -0.05) is 60.7 Å². The molecule has 0 atom stereocenters. The lowest BCUT2D eigenvalue weighted by atomic mass is 10.0. The molecule has 2 aromatic heterocycles. The number of benzene rings is 3. The van der Waals surface area contributed by atoms with Crippen molar-refractivity contribution < 1.29 is 4.79 Å². The van der Waals surface area contributed by atoms with Crippen molar-refractivity contribution in [1.82, 2.24) is 29.7 Å². The number of nitrogens with zero attached hydrogens (tertiary/aromatic N) is 5. The number of rotatable bonds is 5. The average molecular weight is 558 g/mol. The van der Waals surface area contributed by atoms with Crippen molar-refractivity contribution in [3.63, 3.8) is 0 Å². The summed E-state index contributed by atoms with van der Waals surface area (Å²) >= 11 is 0. The summed E-state index contributed by atoms with van der Waals surface area (Å²) < 4.78 is 0. The monoisotopic (exact) mass is 557 g/mol. The molecule has 0 saturated carbocycles. The Morgan fingerprint density at radius 1 is 0.905 bits per heavy atom. The van der Waals surface area contributed by atoms with E-state index < -0.39 is 0 Å². The molecule has 0 radical (unpaired) electrons. The number of likely N-dealkylation sites (N-methyl/N-ethyl adjacent to an activating group) is 1. The Bertz CT molecular complexity index is 1730. The second kappa shape index (κ2) is 11.0. The normalized spacial score (nSPS) is 15.7. The van der Waals surface area contributed by atoms with Crippen LogP contribution in [0.1, 0.15) is 22.3 Å². The third-order valence-electron chi connectivity index (χ3n) is 8.65. The van der Waals surface area contributed by atoms with Crippen LogP contribution < -0.4 is 5.32 Å². The number of amides is 2. The predicted molar refractivity (Wildman–Crippen MR) is 167 cm³/mol. The van der Waals surface area contributed by atoms with Crippen molar-refractivity contribution >= 4 is 22.8 Å². The first-order valence-corrected chi connectivity index (χ1v) is 14.6. The van der Waals surface area contributed by atoms with E-state index in [0.29, 0.717) is 13.1 Å². The number of aromatic nitrogens is 3. The molecule has 8 nitrogen and oxygen atoms in total. The maximum Gasteiger partial charge on any atom is 0.322 e. The zero-order valence-electron chi connectivity index (χ0n) is 24.1. The average Bonchev–Trinajstić information content (AvgIpc) is 3.65. The Balaban J connectivity index is 1.11. The van der Waals surface area contributed by atoms with Crippen LogP contribution >= 0.6 is 0 Å². The quantitative estimate of drug-likeness (QED) is 0.282. The van der Waals surface area contributed by atoms with Gasteiger partial charge in [-0.15, -0.1) is 0 Å². The summed E-state index contributed by atoms with van der Waals surface area (Å²) in [4.78, 5) is 32.6. The summed E-state index contributed by atoms with van der Waals surface area (Å²) in [5, 5.41) is 4.10. The van der Waals surface area contributed by atoms with E-state index in [-0.39, 0.29) is 6.03 Å². The number of carbonyl (C=O) groups is 1. The van der Waals surface area contributed by atoms with Gasteiger partial charge in [0, 0.05) is 68.1 Å². The third kappa shape index (κ3) is 5.15. The number of anilines is 1. The minimum absolute atomic E-state index is 0.0979. The molecule has 1 fully saturated rings. The molecule has 7 rings (SSSR count). The van der Waals surface area contributed by atoms with Gasteiger partial charge in [-0.3, -0.25) is 4.90 Å². The molecule has 2 N–H and O–H groups in total. The van der Waals surface area contributed by atoms with Gasteiger partial charge in [-0.05, 0) is 53.9 Å². The Hall–Kier alpha value is -4.53. The van der Waals surface area contributed by atoms with Crippen LogP contribution in [0.15, 0.2) is 79.1 Å². The van der Waals surface area contributed by atoms with Crippen LogP contribution in [0.3, 0.4) is 0 Å². The molecular formula is C34H35N7O. The Labute approximate surface area is 246 Å². The highest BCUT2D eigenvalue weighted by molar-refractivity contribution is 5.97. The van der Waals surface area contributed by atoms with Crippen molar-refractivity contribution in [2.75, 3.05) is 38.5 Å². The zero-order valence-corrected chi connectivity index (χ0v) is 24.1. The summed E-state index contributed by atoms with van der Waals surface area (Å²) in [6, 6.07) is 25.0. The van der Waals surface area contributed by atoms with Gasteiger partial charge in [0.15, 0.2) is 0 Å². The van der Waals surface area contributed by atoms with E-state index >= 15 is 0 Å². The summed E-state index contributed by atoms with van der Waals surface area (Å²) in [6.07, 6.45) is 1.60. The number of carbonyl (C=O) groups excluding carboxylic acids is 1. The van der Waals surface area contributed by atoms with Crippen LogP contribution in [-0.2, 0) is 19.6 Å². The Kier molecular flexibility index (Phi) is 6.93. The van der Waals surface area contributed by atoms with Crippen LogP contribution in [0.25, 0.3) is 33.5 Å². The first kappa shape index (κ1) is 26.4. The van der Waals surface area contributed by atoms with E-state index in [1.54, 1.807) is 6.33 Å². The highest BCUT2D eigenvalue weighted by atomic mass is 16.2. The van der Waals surface area contributed by atoms with Gasteiger partial charge in [0.1, 0.15) is 12.0 Å². The van der Waals surface area contributed by atoms with Crippen molar-refractivity contribution in [3.05, 3.63) is 101 Å². The van der Waals surface area contributed by atoms with Crippen molar-refractivity contribution in [3.8, 4) is 22.5 Å². The molecule has 0 unspecified atom stereocenters. The largest absolute Gasteiger partial charge is 0.339 e. The molecule has 0 aliphatic carbocycles. The lowest BCUT2D eigenvalue weighted by Gasteiger charge is -2.32. The molecule has 3 aromatic carbocycles. The van der Waals surface area contributed by atoms with Crippen molar-refractivity contribution in [1.29, 1.82) is 0 Å². The van der Waals surface area contributed by atoms with E-state index in [1.165, 1.54) is 16.7 Å². The smallest absolute Gasteiger partial charge is 0.322 e. The molecule has 2 aliphatic rings. The number of urea groups is 1. The third-order valence-corrected chi connectivity index (χ3v) is 8.65. The lowest BCUT2D eigenvalue weighted by Crippen LogP contribution is -2.43. The summed E-state index contributed by atoms with van der Waals surface area (Å²) in [5.41, 5.74) is 10.2. The van der Waals surface area contributed by atoms with Crippen LogP contribution in [0.2, 0.25) is 0 Å². The predicted octanol–water partition coefficient (Wildman–Crippen LogP) is 5.90. The fourth-order valence-corrected chi connectivity index (χ4v) is 6.06. The van der Waals surface area contributed by atoms with E-state index in [1.807, 2.05) is 36.1 Å². The molecule has 8 heteroatoms. The molecular weight excluding hydrogens is 522 g/mol. The van der Waals surface area contributed by atoms with Gasteiger partial charge in [-0.2, -0.15) is 0 Å². The highest BCUT2D eigenvalue weighted by Gasteiger charge is 2.24. The lowest BCUT2D eigenvalue weighted by molar-refractivity contribution is 0.148. The number of hydrogen-bond acceptors (Lipinski definition) is 5. The first-order valence-electron chi connectivity index (χ1n) is 14.6. The van der Waals surface area contributed by atoms with Gasteiger partial charge in [0.2, 0.25) is 0 Å². The summed E-state index contributed by atoms with van der Waals surface area (Å²) in [6.45, 7) is 8.72. The first-order chi connectivity index (χ1) is 20.5. The number of H-pyrrole nitrogens is 1. The van der Waals surface area contributed by atoms with Gasteiger partial charge in [-0.25, -0.2) is 14.8 Å². The fourth-order valence-electron chi connectivity index (χ4n) is 6.06.